The van der Waals surface area contributed by atoms with E-state index in [0.29, 0.717) is 5.69 Å². The zero-order valence-electron chi connectivity index (χ0n) is 21.1. The van der Waals surface area contributed by atoms with Crippen LogP contribution in [0.5, 0.6) is 5.75 Å². The highest BCUT2D eigenvalue weighted by Crippen LogP contribution is 2.36. The maximum Gasteiger partial charge on any atom is 0.266 e. The van der Waals surface area contributed by atoms with E-state index in [0.717, 1.165) is 6.07 Å². The number of hydrogen-bond acceptors (Lipinski definition) is 7. The molecule has 0 aliphatic rings. The standard InChI is InChI=1S/C28H20F3N7O2/c1-14(26-35-19-10-8-15(29)12-18(19)28(39)37(26)16-6-4-3-5-7-16)38-27-21(25(32)33-13-34-27)24(36-38)17-9-11-20(40-2)23(31)22(17)30/h3-14H,1-2H3,(H2,32,33,34). The van der Waals surface area contributed by atoms with Gasteiger partial charge in [0.15, 0.2) is 17.2 Å². The lowest BCUT2D eigenvalue weighted by Gasteiger charge is -2.19. The number of hydrogen-bond donors (Lipinski definition) is 1. The van der Waals surface area contributed by atoms with Gasteiger partial charge in [-0.05, 0) is 49.4 Å². The number of ether oxygens (including phenoxy) is 1. The van der Waals surface area contributed by atoms with Gasteiger partial charge in [-0.25, -0.2) is 28.4 Å². The minimum absolute atomic E-state index is 0.00327. The number of fused-ring (bicyclic) bond motifs is 2. The number of nitrogen functional groups attached to an aromatic ring is 1. The molecule has 0 saturated heterocycles. The second kappa shape index (κ2) is 9.49. The second-order valence-corrected chi connectivity index (χ2v) is 8.98. The molecule has 0 spiro atoms. The largest absolute Gasteiger partial charge is 0.494 e. The Morgan fingerprint density at radius 1 is 0.975 bits per heavy atom. The minimum Gasteiger partial charge on any atom is -0.494 e. The SMILES string of the molecule is COc1ccc(-c2nn(C(C)c3nc4ccc(F)cc4c(=O)n3-c3ccccc3)c3ncnc(N)c23)c(F)c1F. The summed E-state index contributed by atoms with van der Waals surface area (Å²) in [6, 6.07) is 14.3. The summed E-state index contributed by atoms with van der Waals surface area (Å²) in [5, 5.41) is 4.86. The van der Waals surface area contributed by atoms with Gasteiger partial charge in [0.05, 0.1) is 29.1 Å². The molecule has 0 bridgehead atoms. The minimum atomic E-state index is -1.19. The Morgan fingerprint density at radius 2 is 1.75 bits per heavy atom. The van der Waals surface area contributed by atoms with Crippen LogP contribution in [0, 0.1) is 17.5 Å². The molecule has 200 valence electrons. The number of anilines is 1. The molecule has 0 radical (unpaired) electrons. The number of methoxy groups -OCH3 is 1. The van der Waals surface area contributed by atoms with Gasteiger partial charge < -0.3 is 10.5 Å². The molecule has 0 amide bonds. The summed E-state index contributed by atoms with van der Waals surface area (Å²) in [5.74, 6) is -2.98. The molecule has 0 aliphatic heterocycles. The van der Waals surface area contributed by atoms with Gasteiger partial charge in [0.25, 0.3) is 5.56 Å². The molecule has 1 unspecified atom stereocenters. The Kier molecular flexibility index (Phi) is 5.94. The van der Waals surface area contributed by atoms with Crippen LogP contribution in [0.4, 0.5) is 19.0 Å². The van der Waals surface area contributed by atoms with Crippen LogP contribution in [0.3, 0.4) is 0 Å². The molecular formula is C28H20F3N7O2. The molecular weight excluding hydrogens is 523 g/mol. The lowest BCUT2D eigenvalue weighted by Crippen LogP contribution is -2.27. The average molecular weight is 544 g/mol. The van der Waals surface area contributed by atoms with Crippen LogP contribution in [0.25, 0.3) is 38.9 Å². The van der Waals surface area contributed by atoms with Gasteiger partial charge in [0.2, 0.25) is 5.82 Å². The number of nitrogens with two attached hydrogens (primary N) is 1. The normalized spacial score (nSPS) is 12.2. The van der Waals surface area contributed by atoms with Crippen LogP contribution >= 0.6 is 0 Å². The number of aromatic nitrogens is 6. The first-order chi connectivity index (χ1) is 19.3. The van der Waals surface area contributed by atoms with E-state index < -0.39 is 29.1 Å². The smallest absolute Gasteiger partial charge is 0.266 e. The summed E-state index contributed by atoms with van der Waals surface area (Å²) in [6.45, 7) is 1.72. The van der Waals surface area contributed by atoms with Gasteiger partial charge in [-0.1, -0.05) is 18.2 Å². The molecule has 40 heavy (non-hydrogen) atoms. The fourth-order valence-electron chi connectivity index (χ4n) is 4.72. The quantitative estimate of drug-likeness (QED) is 0.332. The van der Waals surface area contributed by atoms with Crippen molar-refractivity contribution in [2.45, 2.75) is 13.0 Å². The monoisotopic (exact) mass is 543 g/mol. The lowest BCUT2D eigenvalue weighted by atomic mass is 10.1. The first kappa shape index (κ1) is 25.0. The number of rotatable bonds is 5. The van der Waals surface area contributed by atoms with Crippen molar-refractivity contribution in [1.82, 2.24) is 29.3 Å². The van der Waals surface area contributed by atoms with Gasteiger partial charge in [-0.15, -0.1) is 0 Å². The van der Waals surface area contributed by atoms with Crippen molar-refractivity contribution in [3.05, 3.63) is 101 Å². The number of nitrogens with zero attached hydrogens (tertiary/aromatic N) is 6. The van der Waals surface area contributed by atoms with E-state index in [4.69, 9.17) is 15.5 Å². The van der Waals surface area contributed by atoms with Crippen molar-refractivity contribution < 1.29 is 17.9 Å². The zero-order valence-corrected chi connectivity index (χ0v) is 21.1. The van der Waals surface area contributed by atoms with Crippen molar-refractivity contribution in [1.29, 1.82) is 0 Å². The van der Waals surface area contributed by atoms with E-state index in [2.05, 4.69) is 15.1 Å². The summed E-state index contributed by atoms with van der Waals surface area (Å²) in [7, 11) is 1.23. The summed E-state index contributed by atoms with van der Waals surface area (Å²) < 4.78 is 51.6. The summed E-state index contributed by atoms with van der Waals surface area (Å²) >= 11 is 0. The molecule has 3 heterocycles. The fraction of sp³-hybridized carbons (Fsp3) is 0.107. The zero-order chi connectivity index (χ0) is 28.1. The Labute approximate surface area is 224 Å². The molecule has 2 N–H and O–H groups in total. The topological polar surface area (TPSA) is 114 Å². The van der Waals surface area contributed by atoms with Crippen molar-refractivity contribution in [3.8, 4) is 22.7 Å². The third-order valence-electron chi connectivity index (χ3n) is 6.65. The number of halogens is 3. The molecule has 6 rings (SSSR count). The van der Waals surface area contributed by atoms with Crippen LogP contribution < -0.4 is 16.0 Å². The molecule has 9 nitrogen and oxygen atoms in total. The van der Waals surface area contributed by atoms with Crippen molar-refractivity contribution in [3.63, 3.8) is 0 Å². The van der Waals surface area contributed by atoms with Crippen LogP contribution in [0.15, 0.2) is 71.8 Å². The molecule has 0 fully saturated rings. The van der Waals surface area contributed by atoms with Crippen LogP contribution in [-0.2, 0) is 0 Å². The molecule has 0 saturated carbocycles. The molecule has 3 aromatic heterocycles. The highest BCUT2D eigenvalue weighted by atomic mass is 19.2. The predicted molar refractivity (Wildman–Crippen MR) is 143 cm³/mol. The lowest BCUT2D eigenvalue weighted by molar-refractivity contribution is 0.372. The Hall–Kier alpha value is -5.26. The average Bonchev–Trinajstić information content (AvgIpc) is 3.35. The van der Waals surface area contributed by atoms with E-state index in [1.807, 2.05) is 0 Å². The van der Waals surface area contributed by atoms with Gasteiger partial charge in [-0.2, -0.15) is 9.49 Å². The van der Waals surface area contributed by atoms with Gasteiger partial charge in [0, 0.05) is 5.56 Å². The van der Waals surface area contributed by atoms with Crippen molar-refractivity contribution >= 4 is 27.8 Å². The van der Waals surface area contributed by atoms with E-state index in [1.54, 1.807) is 37.3 Å². The number of benzene rings is 3. The predicted octanol–water partition coefficient (Wildman–Crippen LogP) is 4.81. The summed E-state index contributed by atoms with van der Waals surface area (Å²) in [5.41, 5.74) is 6.46. The Morgan fingerprint density at radius 3 is 2.50 bits per heavy atom. The van der Waals surface area contributed by atoms with Crippen LogP contribution in [0.2, 0.25) is 0 Å². The fourth-order valence-corrected chi connectivity index (χ4v) is 4.72. The molecule has 6 aromatic rings. The van der Waals surface area contributed by atoms with Crippen LogP contribution in [0.1, 0.15) is 18.8 Å². The highest BCUT2D eigenvalue weighted by Gasteiger charge is 2.27. The molecule has 12 heteroatoms. The maximum absolute atomic E-state index is 15.2. The van der Waals surface area contributed by atoms with E-state index in [9.17, 15) is 13.6 Å². The second-order valence-electron chi connectivity index (χ2n) is 8.98. The van der Waals surface area contributed by atoms with Crippen molar-refractivity contribution in [2.75, 3.05) is 12.8 Å². The molecule has 3 aromatic carbocycles. The Balaban J connectivity index is 1.64. The summed E-state index contributed by atoms with van der Waals surface area (Å²) in [6.07, 6.45) is 1.22. The van der Waals surface area contributed by atoms with Crippen molar-refractivity contribution in [2.24, 2.45) is 0 Å². The molecule has 1 atom stereocenters. The van der Waals surface area contributed by atoms with Gasteiger partial charge in [-0.3, -0.25) is 9.36 Å². The van der Waals surface area contributed by atoms with E-state index in [1.165, 1.54) is 47.0 Å². The third-order valence-corrected chi connectivity index (χ3v) is 6.65. The van der Waals surface area contributed by atoms with Crippen LogP contribution in [-0.4, -0.2) is 36.4 Å². The first-order valence-electron chi connectivity index (χ1n) is 12.1. The van der Waals surface area contributed by atoms with E-state index >= 15 is 4.39 Å². The van der Waals surface area contributed by atoms with E-state index in [-0.39, 0.29) is 50.6 Å². The Bertz CT molecular complexity index is 1990. The highest BCUT2D eigenvalue weighted by molar-refractivity contribution is 5.98. The number of para-hydroxylation sites is 1. The molecule has 0 aliphatic carbocycles. The van der Waals surface area contributed by atoms with Gasteiger partial charge >= 0.3 is 0 Å². The third kappa shape index (κ3) is 3.83. The summed E-state index contributed by atoms with van der Waals surface area (Å²) in [4.78, 5) is 26.8. The maximum atomic E-state index is 15.2. The first-order valence-corrected chi connectivity index (χ1v) is 12.1. The van der Waals surface area contributed by atoms with Gasteiger partial charge in [0.1, 0.15) is 35.5 Å².